The predicted molar refractivity (Wildman–Crippen MR) is 104 cm³/mol. The number of ether oxygens (including phenoxy) is 1. The Labute approximate surface area is 145 Å². The molecule has 2 aromatic rings. The normalized spacial score (nSPS) is 15.2. The van der Waals surface area contributed by atoms with Gasteiger partial charge in [0.25, 0.3) is 0 Å². The van der Waals surface area contributed by atoms with Gasteiger partial charge >= 0.3 is 0 Å². The fourth-order valence-electron chi connectivity index (χ4n) is 3.58. The van der Waals surface area contributed by atoms with E-state index in [1.165, 1.54) is 33.4 Å². The molecule has 0 saturated heterocycles. The molecule has 1 aliphatic carbocycles. The molecular formula is C23H24O. The van der Waals surface area contributed by atoms with Gasteiger partial charge < -0.3 is 4.74 Å². The second kappa shape index (κ2) is 6.16. The average Bonchev–Trinajstić information content (AvgIpc) is 2.82. The Bertz CT molecular complexity index is 850. The number of methoxy groups -OCH3 is 1. The molecule has 0 spiro atoms. The molecule has 0 radical (unpaired) electrons. The number of hydrogen-bond donors (Lipinski definition) is 0. The van der Waals surface area contributed by atoms with Crippen LogP contribution in [0.15, 0.2) is 67.3 Å². The first-order valence-corrected chi connectivity index (χ1v) is 8.32. The number of allylic oxidation sites excluding steroid dienone is 5. The molecule has 2 aromatic carbocycles. The van der Waals surface area contributed by atoms with E-state index >= 15 is 0 Å². The summed E-state index contributed by atoms with van der Waals surface area (Å²) in [7, 11) is 1.72. The van der Waals surface area contributed by atoms with Crippen LogP contribution < -0.4 is 4.74 Å². The first kappa shape index (κ1) is 16.3. The Kier molecular flexibility index (Phi) is 4.19. The van der Waals surface area contributed by atoms with Crippen molar-refractivity contribution in [1.82, 2.24) is 0 Å². The van der Waals surface area contributed by atoms with Crippen LogP contribution in [0.5, 0.6) is 5.75 Å². The van der Waals surface area contributed by atoms with Gasteiger partial charge in [-0.15, -0.1) is 0 Å². The van der Waals surface area contributed by atoms with Crippen LogP contribution >= 0.6 is 0 Å². The fourth-order valence-corrected chi connectivity index (χ4v) is 3.58. The topological polar surface area (TPSA) is 9.23 Å². The molecule has 1 heteroatoms. The lowest BCUT2D eigenvalue weighted by atomic mass is 9.81. The molecule has 24 heavy (non-hydrogen) atoms. The molecule has 0 fully saturated rings. The first-order chi connectivity index (χ1) is 11.5. The third-order valence-electron chi connectivity index (χ3n) is 4.86. The van der Waals surface area contributed by atoms with Gasteiger partial charge in [-0.1, -0.05) is 62.9 Å². The third kappa shape index (κ3) is 2.50. The quantitative estimate of drug-likeness (QED) is 0.615. The summed E-state index contributed by atoms with van der Waals surface area (Å²) in [6.07, 6.45) is 8.09. The first-order valence-electron chi connectivity index (χ1n) is 8.32. The maximum absolute atomic E-state index is 5.43. The van der Waals surface area contributed by atoms with Crippen LogP contribution in [-0.4, -0.2) is 7.11 Å². The highest BCUT2D eigenvalue weighted by Crippen LogP contribution is 2.50. The van der Waals surface area contributed by atoms with Gasteiger partial charge in [-0.05, 0) is 58.5 Å². The lowest BCUT2D eigenvalue weighted by Crippen LogP contribution is -2.15. The molecule has 122 valence electrons. The zero-order valence-corrected chi connectivity index (χ0v) is 14.9. The van der Waals surface area contributed by atoms with E-state index in [-0.39, 0.29) is 5.41 Å². The molecule has 0 N–H and O–H groups in total. The molecule has 0 aliphatic heterocycles. The molecular weight excluding hydrogens is 292 g/mol. The second-order valence-electron chi connectivity index (χ2n) is 6.65. The summed E-state index contributed by atoms with van der Waals surface area (Å²) < 4.78 is 5.43. The smallest absolute Gasteiger partial charge is 0.119 e. The highest BCUT2D eigenvalue weighted by molar-refractivity contribution is 5.85. The molecule has 0 bridgehead atoms. The van der Waals surface area contributed by atoms with Crippen LogP contribution in [0.4, 0.5) is 0 Å². The molecule has 0 aromatic heterocycles. The molecule has 0 atom stereocenters. The van der Waals surface area contributed by atoms with E-state index in [1.807, 2.05) is 19.1 Å². The minimum atomic E-state index is -0.0373. The Morgan fingerprint density at radius 1 is 1.04 bits per heavy atom. The van der Waals surface area contributed by atoms with Gasteiger partial charge in [-0.3, -0.25) is 0 Å². The van der Waals surface area contributed by atoms with Gasteiger partial charge in [0.1, 0.15) is 5.75 Å². The van der Waals surface area contributed by atoms with Crippen molar-refractivity contribution < 1.29 is 4.74 Å². The largest absolute Gasteiger partial charge is 0.497 e. The summed E-state index contributed by atoms with van der Waals surface area (Å²) in [5, 5.41) is 0. The predicted octanol–water partition coefficient (Wildman–Crippen LogP) is 6.15. The van der Waals surface area contributed by atoms with E-state index in [1.54, 1.807) is 7.11 Å². The van der Waals surface area contributed by atoms with Gasteiger partial charge in [0.2, 0.25) is 0 Å². The monoisotopic (exact) mass is 316 g/mol. The van der Waals surface area contributed by atoms with Gasteiger partial charge in [-0.2, -0.15) is 0 Å². The molecule has 0 unspecified atom stereocenters. The number of benzene rings is 2. The van der Waals surface area contributed by atoms with Crippen molar-refractivity contribution in [3.63, 3.8) is 0 Å². The van der Waals surface area contributed by atoms with Gasteiger partial charge in [0, 0.05) is 5.41 Å². The summed E-state index contributed by atoms with van der Waals surface area (Å²) in [4.78, 5) is 0. The number of fused-ring (bicyclic) bond motifs is 3. The minimum absolute atomic E-state index is 0.0373. The SMILES string of the molecule is C=C/C=C(\C=C/C)c1ccc2c(c1)C(C)(C)c1cc(OC)ccc1-2. The van der Waals surface area contributed by atoms with Gasteiger partial charge in [0.15, 0.2) is 0 Å². The lowest BCUT2D eigenvalue weighted by Gasteiger charge is -2.22. The summed E-state index contributed by atoms with van der Waals surface area (Å²) >= 11 is 0. The van der Waals surface area contributed by atoms with E-state index in [2.05, 4.69) is 69.0 Å². The summed E-state index contributed by atoms with van der Waals surface area (Å²) in [6, 6.07) is 13.1. The molecule has 0 heterocycles. The van der Waals surface area contributed by atoms with Crippen molar-refractivity contribution in [2.45, 2.75) is 26.2 Å². The van der Waals surface area contributed by atoms with Crippen LogP contribution in [0.3, 0.4) is 0 Å². The molecule has 0 amide bonds. The Hall–Kier alpha value is -2.54. The van der Waals surface area contributed by atoms with Crippen molar-refractivity contribution in [2.75, 3.05) is 7.11 Å². The van der Waals surface area contributed by atoms with E-state index in [0.29, 0.717) is 0 Å². The van der Waals surface area contributed by atoms with Gasteiger partial charge in [0.05, 0.1) is 7.11 Å². The fraction of sp³-hybridized carbons (Fsp3) is 0.217. The molecule has 3 rings (SSSR count). The highest BCUT2D eigenvalue weighted by atomic mass is 16.5. The van der Waals surface area contributed by atoms with Crippen LogP contribution in [0.1, 0.15) is 37.5 Å². The van der Waals surface area contributed by atoms with Crippen molar-refractivity contribution in [3.05, 3.63) is 84.0 Å². The molecule has 1 aliphatic rings. The summed E-state index contributed by atoms with van der Waals surface area (Å²) in [6.45, 7) is 10.4. The van der Waals surface area contributed by atoms with Crippen LogP contribution in [0.25, 0.3) is 16.7 Å². The maximum atomic E-state index is 5.43. The Morgan fingerprint density at radius 2 is 1.71 bits per heavy atom. The number of rotatable bonds is 4. The van der Waals surface area contributed by atoms with E-state index < -0.39 is 0 Å². The Morgan fingerprint density at radius 3 is 2.33 bits per heavy atom. The summed E-state index contributed by atoms with van der Waals surface area (Å²) in [5.74, 6) is 0.913. The summed E-state index contributed by atoms with van der Waals surface area (Å²) in [5.41, 5.74) is 7.68. The maximum Gasteiger partial charge on any atom is 0.119 e. The van der Waals surface area contributed by atoms with Gasteiger partial charge in [-0.25, -0.2) is 0 Å². The highest BCUT2D eigenvalue weighted by Gasteiger charge is 2.35. The van der Waals surface area contributed by atoms with Crippen molar-refractivity contribution in [3.8, 4) is 16.9 Å². The second-order valence-corrected chi connectivity index (χ2v) is 6.65. The third-order valence-corrected chi connectivity index (χ3v) is 4.86. The van der Waals surface area contributed by atoms with Crippen molar-refractivity contribution >= 4 is 5.57 Å². The number of hydrogen-bond acceptors (Lipinski definition) is 1. The van der Waals surface area contributed by atoms with E-state index in [0.717, 1.165) is 5.75 Å². The van der Waals surface area contributed by atoms with E-state index in [9.17, 15) is 0 Å². The zero-order chi connectivity index (χ0) is 17.3. The van der Waals surface area contributed by atoms with Crippen LogP contribution in [-0.2, 0) is 5.41 Å². The van der Waals surface area contributed by atoms with Crippen LogP contribution in [0, 0.1) is 0 Å². The Balaban J connectivity index is 2.18. The molecule has 1 nitrogen and oxygen atoms in total. The van der Waals surface area contributed by atoms with Crippen LogP contribution in [0.2, 0.25) is 0 Å². The van der Waals surface area contributed by atoms with Crippen molar-refractivity contribution in [1.29, 1.82) is 0 Å². The van der Waals surface area contributed by atoms with E-state index in [4.69, 9.17) is 4.74 Å². The molecule has 0 saturated carbocycles. The van der Waals surface area contributed by atoms with Crippen molar-refractivity contribution in [2.24, 2.45) is 0 Å². The zero-order valence-electron chi connectivity index (χ0n) is 14.9. The lowest BCUT2D eigenvalue weighted by molar-refractivity contribution is 0.413. The minimum Gasteiger partial charge on any atom is -0.497 e. The average molecular weight is 316 g/mol. The standard InChI is InChI=1S/C23H24O/c1-6-8-16(9-7-2)17-10-12-19-20-13-11-18(24-5)15-22(20)23(3,4)21(19)14-17/h6-15H,1H2,2-5H3/b9-7-,16-8+.